The van der Waals surface area contributed by atoms with Crippen LogP contribution in [0.1, 0.15) is 11.1 Å². The molecule has 0 spiro atoms. The summed E-state index contributed by atoms with van der Waals surface area (Å²) in [6.07, 6.45) is -10.1. The Balaban J connectivity index is 0.00000450. The van der Waals surface area contributed by atoms with E-state index in [0.29, 0.717) is 24.3 Å². The van der Waals surface area contributed by atoms with Crippen molar-refractivity contribution in [1.82, 2.24) is 0 Å². The molecule has 0 N–H and O–H groups in total. The molecule has 2 rings (SSSR count). The standard InChI is InChI=1S/C14H6F6N5O4.K/c15-13(16,17)9-5-7(24(26)27)1-3-11(9)21-23-22-12-4-2-8(25(28)29)6-10(12)14(18,19)20;/h1-6H;/q-1;+1. The van der Waals surface area contributed by atoms with Crippen LogP contribution >= 0.6 is 0 Å². The number of alkyl halides is 6. The third-order valence-corrected chi connectivity index (χ3v) is 3.30. The third kappa shape index (κ3) is 6.43. The molecule has 0 saturated carbocycles. The number of halogens is 6. The van der Waals surface area contributed by atoms with Gasteiger partial charge in [0.2, 0.25) is 0 Å². The van der Waals surface area contributed by atoms with Crippen molar-refractivity contribution < 1.29 is 87.6 Å². The van der Waals surface area contributed by atoms with E-state index < -0.39 is 56.1 Å². The van der Waals surface area contributed by atoms with Gasteiger partial charge in [0.15, 0.2) is 0 Å². The minimum absolute atomic E-state index is 0. The molecule has 9 nitrogen and oxygen atoms in total. The monoisotopic (exact) mass is 461 g/mol. The molecule has 0 unspecified atom stereocenters. The Morgan fingerprint density at radius 1 is 0.800 bits per heavy atom. The molecule has 0 atom stereocenters. The summed E-state index contributed by atoms with van der Waals surface area (Å²) in [5.41, 5.74) is -3.67. The first-order valence-corrected chi connectivity index (χ1v) is 7.13. The van der Waals surface area contributed by atoms with Crippen LogP contribution in [0.4, 0.5) is 49.1 Å². The summed E-state index contributed by atoms with van der Waals surface area (Å²) in [5.74, 6) is 0. The molecule has 0 aromatic heterocycles. The van der Waals surface area contributed by atoms with Gasteiger partial charge in [-0.25, -0.2) is 0 Å². The van der Waals surface area contributed by atoms with Gasteiger partial charge in [-0.3, -0.25) is 25.5 Å². The third-order valence-electron chi connectivity index (χ3n) is 3.30. The van der Waals surface area contributed by atoms with Crippen LogP contribution in [-0.2, 0) is 12.4 Å². The normalized spacial score (nSPS) is 11.8. The number of nitro benzene ring substituents is 2. The number of rotatable bonds is 5. The maximum atomic E-state index is 13.0. The molecule has 154 valence electrons. The number of hydrogen-bond acceptors (Lipinski definition) is 6. The van der Waals surface area contributed by atoms with Crippen molar-refractivity contribution in [3.05, 3.63) is 73.2 Å². The van der Waals surface area contributed by atoms with Crippen LogP contribution in [0.15, 0.2) is 46.7 Å². The van der Waals surface area contributed by atoms with E-state index in [1.54, 1.807) is 0 Å². The van der Waals surface area contributed by atoms with E-state index in [1.807, 2.05) is 0 Å². The first kappa shape index (κ1) is 25.9. The molecule has 30 heavy (non-hydrogen) atoms. The number of hydrogen-bond donors (Lipinski definition) is 0. The van der Waals surface area contributed by atoms with Gasteiger partial charge >= 0.3 is 63.7 Å². The van der Waals surface area contributed by atoms with Crippen LogP contribution in [-0.4, -0.2) is 9.85 Å². The van der Waals surface area contributed by atoms with Crippen molar-refractivity contribution in [2.45, 2.75) is 12.4 Å². The van der Waals surface area contributed by atoms with Crippen LogP contribution in [0.5, 0.6) is 0 Å². The molecule has 0 bridgehead atoms. The van der Waals surface area contributed by atoms with Gasteiger partial charge in [-0.2, -0.15) is 26.3 Å². The van der Waals surface area contributed by atoms with E-state index in [9.17, 15) is 46.6 Å². The molecule has 0 saturated heterocycles. The van der Waals surface area contributed by atoms with E-state index in [0.717, 1.165) is 0 Å². The van der Waals surface area contributed by atoms with Gasteiger partial charge in [0.05, 0.1) is 21.0 Å². The fourth-order valence-corrected chi connectivity index (χ4v) is 2.02. The Morgan fingerprint density at radius 2 is 1.27 bits per heavy atom. The molecule has 0 amide bonds. The van der Waals surface area contributed by atoms with Gasteiger partial charge in [0.1, 0.15) is 0 Å². The van der Waals surface area contributed by atoms with Crippen molar-refractivity contribution in [3.63, 3.8) is 0 Å². The number of nitro groups is 2. The fourth-order valence-electron chi connectivity index (χ4n) is 2.02. The first-order chi connectivity index (χ1) is 13.3. The van der Waals surface area contributed by atoms with E-state index >= 15 is 0 Å². The van der Waals surface area contributed by atoms with Gasteiger partial charge in [0.25, 0.3) is 11.4 Å². The zero-order chi connectivity index (χ0) is 22.0. The maximum absolute atomic E-state index is 13.0. The van der Waals surface area contributed by atoms with Crippen LogP contribution in [0.3, 0.4) is 0 Å². The molecule has 16 heteroatoms. The SMILES string of the molecule is O=[N+]([O-])c1ccc(N=N[N-]c2ccc([N+](=O)[O-])cc2C(F)(F)F)c(C(F)(F)F)c1.[K+]. The van der Waals surface area contributed by atoms with E-state index in [2.05, 4.69) is 15.8 Å². The van der Waals surface area contributed by atoms with E-state index in [-0.39, 0.29) is 63.5 Å². The predicted octanol–water partition coefficient (Wildman–Crippen LogP) is 3.25. The number of non-ortho nitro benzene ring substituents is 2. The second-order valence-corrected chi connectivity index (χ2v) is 5.20. The minimum atomic E-state index is -5.06. The molecular weight excluding hydrogens is 455 g/mol. The second kappa shape index (κ2) is 9.78. The fraction of sp³-hybridized carbons (Fsp3) is 0.143. The van der Waals surface area contributed by atoms with E-state index in [4.69, 9.17) is 0 Å². The Morgan fingerprint density at radius 3 is 1.73 bits per heavy atom. The topological polar surface area (TPSA) is 125 Å². The zero-order valence-electron chi connectivity index (χ0n) is 14.6. The summed E-state index contributed by atoms with van der Waals surface area (Å²) in [6, 6.07) is 2.94. The molecule has 2 aromatic rings. The molecular formula is C14H6F6KN5O4. The average molecular weight is 461 g/mol. The smallest absolute Gasteiger partial charge is 0.350 e. The first-order valence-electron chi connectivity index (χ1n) is 7.13. The van der Waals surface area contributed by atoms with Gasteiger partial charge in [-0.05, 0) is 11.4 Å². The molecule has 0 fully saturated rings. The Hall–Kier alpha value is -2.14. The van der Waals surface area contributed by atoms with Gasteiger partial charge in [-0.15, -0.1) is 0 Å². The van der Waals surface area contributed by atoms with Crippen LogP contribution < -0.4 is 51.4 Å². The molecule has 0 aliphatic rings. The molecule has 2 aromatic carbocycles. The zero-order valence-corrected chi connectivity index (χ0v) is 17.7. The quantitative estimate of drug-likeness (QED) is 0.223. The molecule has 0 heterocycles. The van der Waals surface area contributed by atoms with Crippen molar-refractivity contribution >= 4 is 22.7 Å². The summed E-state index contributed by atoms with van der Waals surface area (Å²) in [4.78, 5) is 19.1. The van der Waals surface area contributed by atoms with Crippen molar-refractivity contribution in [2.24, 2.45) is 10.3 Å². The van der Waals surface area contributed by atoms with Crippen LogP contribution in [0.2, 0.25) is 0 Å². The second-order valence-electron chi connectivity index (χ2n) is 5.20. The number of nitrogens with zero attached hydrogens (tertiary/aromatic N) is 5. The maximum Gasteiger partial charge on any atom is 1.00 e. The van der Waals surface area contributed by atoms with Crippen molar-refractivity contribution in [3.8, 4) is 0 Å². The van der Waals surface area contributed by atoms with Crippen LogP contribution in [0, 0.1) is 20.2 Å². The van der Waals surface area contributed by atoms with Crippen molar-refractivity contribution in [1.29, 1.82) is 0 Å². The van der Waals surface area contributed by atoms with Gasteiger partial charge in [0, 0.05) is 24.3 Å². The summed E-state index contributed by atoms with van der Waals surface area (Å²) in [5, 5.41) is 27.2. The molecule has 0 aliphatic heterocycles. The van der Waals surface area contributed by atoms with Gasteiger partial charge in [-0.1, -0.05) is 12.1 Å². The van der Waals surface area contributed by atoms with Crippen LogP contribution in [0.25, 0.3) is 5.43 Å². The largest absolute Gasteiger partial charge is 1.00 e. The Labute approximate surface area is 204 Å². The van der Waals surface area contributed by atoms with E-state index in [1.165, 1.54) is 0 Å². The predicted molar refractivity (Wildman–Crippen MR) is 83.7 cm³/mol. The molecule has 0 aliphatic carbocycles. The Bertz CT molecular complexity index is 996. The summed E-state index contributed by atoms with van der Waals surface area (Å²) in [6.45, 7) is 0. The summed E-state index contributed by atoms with van der Waals surface area (Å²) >= 11 is 0. The molecule has 0 radical (unpaired) electrons. The number of benzene rings is 2. The summed E-state index contributed by atoms with van der Waals surface area (Å²) in [7, 11) is 0. The average Bonchev–Trinajstić information content (AvgIpc) is 2.60. The minimum Gasteiger partial charge on any atom is -0.350 e. The summed E-state index contributed by atoms with van der Waals surface area (Å²) < 4.78 is 78.1. The van der Waals surface area contributed by atoms with Gasteiger partial charge < -0.3 is 10.5 Å². The van der Waals surface area contributed by atoms with Crippen molar-refractivity contribution in [2.75, 3.05) is 0 Å². The Kier molecular flexibility index (Phi) is 8.44.